The van der Waals surface area contributed by atoms with Crippen LogP contribution in [0.5, 0.6) is 0 Å². The van der Waals surface area contributed by atoms with Crippen molar-refractivity contribution < 1.29 is 9.21 Å². The number of rotatable bonds is 5. The molecule has 0 aliphatic carbocycles. The highest BCUT2D eigenvalue weighted by atomic mass is 35.5. The lowest BCUT2D eigenvalue weighted by Crippen LogP contribution is -2.31. The quantitative estimate of drug-likeness (QED) is 0.761. The molecule has 3 rings (SSSR count). The predicted molar refractivity (Wildman–Crippen MR) is 90.2 cm³/mol. The van der Waals surface area contributed by atoms with Crippen LogP contribution in [0.25, 0.3) is 0 Å². The van der Waals surface area contributed by atoms with E-state index in [2.05, 4.69) is 10.4 Å². The molecule has 0 aliphatic rings. The Morgan fingerprint density at radius 3 is 2.83 bits per heavy atom. The van der Waals surface area contributed by atoms with Gasteiger partial charge in [0.15, 0.2) is 0 Å². The highest BCUT2D eigenvalue weighted by Crippen LogP contribution is 2.23. The molecule has 0 unspecified atom stereocenters. The summed E-state index contributed by atoms with van der Waals surface area (Å²) in [6.07, 6.45) is 1.62. The standard InChI is InChI=1S/C16H16ClN3O2S/c1-10-8-11(2)20(19-10)12(13-4-3-7-22-13)9-18-16(21)14-5-6-15(17)23-14/h3-8,12H,9H2,1-2H3,(H,18,21)/t12-/m0/s1. The molecule has 3 aromatic heterocycles. The van der Waals surface area contributed by atoms with Crippen LogP contribution in [0.3, 0.4) is 0 Å². The summed E-state index contributed by atoms with van der Waals surface area (Å²) >= 11 is 7.13. The normalized spacial score (nSPS) is 12.3. The summed E-state index contributed by atoms with van der Waals surface area (Å²) in [4.78, 5) is 12.8. The number of aromatic nitrogens is 2. The molecule has 0 saturated heterocycles. The summed E-state index contributed by atoms with van der Waals surface area (Å²) in [7, 11) is 0. The first-order valence-electron chi connectivity index (χ1n) is 7.14. The van der Waals surface area contributed by atoms with E-state index >= 15 is 0 Å². The SMILES string of the molecule is Cc1cc(C)n([C@@H](CNC(=O)c2ccc(Cl)s2)c2ccco2)n1. The number of nitrogens with one attached hydrogen (secondary N) is 1. The van der Waals surface area contributed by atoms with E-state index in [-0.39, 0.29) is 11.9 Å². The van der Waals surface area contributed by atoms with Gasteiger partial charge in [-0.2, -0.15) is 5.10 Å². The molecule has 7 heteroatoms. The lowest BCUT2D eigenvalue weighted by Gasteiger charge is -2.17. The number of amides is 1. The monoisotopic (exact) mass is 349 g/mol. The van der Waals surface area contributed by atoms with Crippen LogP contribution >= 0.6 is 22.9 Å². The minimum atomic E-state index is -0.196. The molecule has 120 valence electrons. The molecule has 3 heterocycles. The predicted octanol–water partition coefficient (Wildman–Crippen LogP) is 3.83. The molecular weight excluding hydrogens is 334 g/mol. The Morgan fingerprint density at radius 1 is 1.43 bits per heavy atom. The molecule has 1 amide bonds. The molecule has 0 bridgehead atoms. The zero-order valence-electron chi connectivity index (χ0n) is 12.7. The number of carbonyl (C=O) groups is 1. The fourth-order valence-electron chi connectivity index (χ4n) is 2.46. The highest BCUT2D eigenvalue weighted by Gasteiger charge is 2.21. The van der Waals surface area contributed by atoms with Gasteiger partial charge >= 0.3 is 0 Å². The number of carbonyl (C=O) groups excluding carboxylic acids is 1. The average Bonchev–Trinajstić information content (AvgIpc) is 3.22. The molecule has 0 fully saturated rings. The second kappa shape index (κ2) is 6.60. The number of furan rings is 1. The summed E-state index contributed by atoms with van der Waals surface area (Å²) in [5.74, 6) is 0.598. The summed E-state index contributed by atoms with van der Waals surface area (Å²) < 4.78 is 7.99. The summed E-state index contributed by atoms with van der Waals surface area (Å²) in [5.41, 5.74) is 1.94. The Labute approximate surface area is 142 Å². The Hall–Kier alpha value is -2.05. The molecule has 0 saturated carbocycles. The van der Waals surface area contributed by atoms with Gasteiger partial charge in [-0.1, -0.05) is 11.6 Å². The van der Waals surface area contributed by atoms with Crippen molar-refractivity contribution in [2.24, 2.45) is 0 Å². The number of thiophene rings is 1. The van der Waals surface area contributed by atoms with Gasteiger partial charge in [0.05, 0.1) is 21.2 Å². The summed E-state index contributed by atoms with van der Waals surface area (Å²) in [6, 6.07) is 8.94. The Morgan fingerprint density at radius 2 is 2.26 bits per heavy atom. The molecule has 1 atom stereocenters. The van der Waals surface area contributed by atoms with Crippen LogP contribution in [0.4, 0.5) is 0 Å². The molecule has 0 radical (unpaired) electrons. The van der Waals surface area contributed by atoms with Gasteiger partial charge in [-0.15, -0.1) is 11.3 Å². The maximum Gasteiger partial charge on any atom is 0.261 e. The molecule has 0 spiro atoms. The third-order valence-corrected chi connectivity index (χ3v) is 4.69. The van der Waals surface area contributed by atoms with Gasteiger partial charge in [0.1, 0.15) is 11.8 Å². The van der Waals surface area contributed by atoms with Crippen LogP contribution in [0.1, 0.15) is 32.9 Å². The Kier molecular flexibility index (Phi) is 4.54. The van der Waals surface area contributed by atoms with E-state index in [0.717, 1.165) is 17.1 Å². The Balaban J connectivity index is 1.80. The number of aryl methyl sites for hydroxylation is 2. The van der Waals surface area contributed by atoms with Crippen molar-refractivity contribution in [2.75, 3.05) is 6.54 Å². The number of hydrogen-bond donors (Lipinski definition) is 1. The maximum absolute atomic E-state index is 12.2. The lowest BCUT2D eigenvalue weighted by atomic mass is 10.2. The van der Waals surface area contributed by atoms with E-state index in [1.54, 1.807) is 18.4 Å². The van der Waals surface area contributed by atoms with Crippen molar-refractivity contribution in [3.63, 3.8) is 0 Å². The molecule has 0 aromatic carbocycles. The van der Waals surface area contributed by atoms with Gasteiger partial charge in [-0.25, -0.2) is 0 Å². The summed E-state index contributed by atoms with van der Waals surface area (Å²) in [5, 5.41) is 7.44. The maximum atomic E-state index is 12.2. The molecule has 5 nitrogen and oxygen atoms in total. The fourth-order valence-corrected chi connectivity index (χ4v) is 3.42. The first kappa shape index (κ1) is 15.8. The van der Waals surface area contributed by atoms with Crippen molar-refractivity contribution in [1.29, 1.82) is 0 Å². The van der Waals surface area contributed by atoms with Crippen LogP contribution in [-0.4, -0.2) is 22.2 Å². The fraction of sp³-hybridized carbons (Fsp3) is 0.250. The lowest BCUT2D eigenvalue weighted by molar-refractivity contribution is 0.0952. The van der Waals surface area contributed by atoms with E-state index in [1.807, 2.05) is 36.7 Å². The van der Waals surface area contributed by atoms with Crippen molar-refractivity contribution in [1.82, 2.24) is 15.1 Å². The molecule has 1 N–H and O–H groups in total. The first-order valence-corrected chi connectivity index (χ1v) is 8.33. The van der Waals surface area contributed by atoms with Gasteiger partial charge in [-0.3, -0.25) is 9.48 Å². The number of halogens is 1. The largest absolute Gasteiger partial charge is 0.467 e. The topological polar surface area (TPSA) is 60.1 Å². The van der Waals surface area contributed by atoms with Gasteiger partial charge in [0.2, 0.25) is 0 Å². The van der Waals surface area contributed by atoms with Crippen LogP contribution in [0, 0.1) is 13.8 Å². The zero-order chi connectivity index (χ0) is 16.4. The number of nitrogens with zero attached hydrogens (tertiary/aromatic N) is 2. The van der Waals surface area contributed by atoms with Crippen LogP contribution in [0.2, 0.25) is 4.34 Å². The van der Waals surface area contributed by atoms with Crippen molar-refractivity contribution in [3.05, 3.63) is 63.0 Å². The van der Waals surface area contributed by atoms with Gasteiger partial charge < -0.3 is 9.73 Å². The molecule has 23 heavy (non-hydrogen) atoms. The van der Waals surface area contributed by atoms with E-state index in [4.69, 9.17) is 16.0 Å². The molecule has 3 aromatic rings. The van der Waals surface area contributed by atoms with Gasteiger partial charge in [0.25, 0.3) is 5.91 Å². The van der Waals surface area contributed by atoms with E-state index < -0.39 is 0 Å². The third kappa shape index (κ3) is 3.48. The molecular formula is C16H16ClN3O2S. The minimum absolute atomic E-state index is 0.153. The Bertz CT molecular complexity index is 807. The van der Waals surface area contributed by atoms with Crippen LogP contribution in [-0.2, 0) is 0 Å². The van der Waals surface area contributed by atoms with Gasteiger partial charge in [-0.05, 0) is 44.2 Å². The third-order valence-electron chi connectivity index (χ3n) is 3.46. The van der Waals surface area contributed by atoms with Crippen molar-refractivity contribution in [2.45, 2.75) is 19.9 Å². The van der Waals surface area contributed by atoms with Gasteiger partial charge in [0, 0.05) is 12.2 Å². The van der Waals surface area contributed by atoms with Crippen molar-refractivity contribution in [3.8, 4) is 0 Å². The highest BCUT2D eigenvalue weighted by molar-refractivity contribution is 7.17. The molecule has 0 aliphatic heterocycles. The van der Waals surface area contributed by atoms with E-state index in [9.17, 15) is 4.79 Å². The summed E-state index contributed by atoms with van der Waals surface area (Å²) in [6.45, 7) is 4.30. The second-order valence-corrected chi connectivity index (χ2v) is 6.93. The average molecular weight is 350 g/mol. The van der Waals surface area contributed by atoms with E-state index in [0.29, 0.717) is 15.8 Å². The minimum Gasteiger partial charge on any atom is -0.467 e. The second-order valence-electron chi connectivity index (χ2n) is 5.22. The van der Waals surface area contributed by atoms with E-state index in [1.165, 1.54) is 11.3 Å². The van der Waals surface area contributed by atoms with Crippen molar-refractivity contribution >= 4 is 28.8 Å². The van der Waals surface area contributed by atoms with Crippen LogP contribution < -0.4 is 5.32 Å². The number of hydrogen-bond acceptors (Lipinski definition) is 4. The zero-order valence-corrected chi connectivity index (χ0v) is 14.3. The first-order chi connectivity index (χ1) is 11.0. The smallest absolute Gasteiger partial charge is 0.261 e. The van der Waals surface area contributed by atoms with Crippen LogP contribution in [0.15, 0.2) is 41.0 Å².